The standard InChI is InChI=1S/C16H15ClO/c17-15-6-2-1-5-13(15)12-8-9-14-11(10-12)4-3-7-16(14)18/h1-2,5-6,8-10,16,18H,3-4,7H2. The summed E-state index contributed by atoms with van der Waals surface area (Å²) in [6, 6.07) is 14.1. The zero-order valence-electron chi connectivity index (χ0n) is 10.1. The second kappa shape index (κ2) is 4.75. The zero-order valence-corrected chi connectivity index (χ0v) is 10.8. The van der Waals surface area contributed by atoms with E-state index in [4.69, 9.17) is 11.6 Å². The molecule has 0 amide bonds. The van der Waals surface area contributed by atoms with Crippen molar-refractivity contribution in [2.24, 2.45) is 0 Å². The van der Waals surface area contributed by atoms with Gasteiger partial charge in [-0.2, -0.15) is 0 Å². The predicted octanol–water partition coefficient (Wildman–Crippen LogP) is 4.38. The fourth-order valence-corrected chi connectivity index (χ4v) is 2.90. The molecule has 0 aliphatic heterocycles. The molecule has 2 aromatic carbocycles. The van der Waals surface area contributed by atoms with Crippen molar-refractivity contribution >= 4 is 11.6 Å². The number of aliphatic hydroxyl groups is 1. The number of hydrogen-bond acceptors (Lipinski definition) is 1. The number of rotatable bonds is 1. The first-order chi connectivity index (χ1) is 8.75. The molecule has 18 heavy (non-hydrogen) atoms. The van der Waals surface area contributed by atoms with Crippen LogP contribution < -0.4 is 0 Å². The number of hydrogen-bond donors (Lipinski definition) is 1. The summed E-state index contributed by atoms with van der Waals surface area (Å²) in [6.45, 7) is 0. The molecule has 0 aromatic heterocycles. The monoisotopic (exact) mass is 258 g/mol. The van der Waals surface area contributed by atoms with Gasteiger partial charge in [-0.05, 0) is 42.0 Å². The number of benzene rings is 2. The Labute approximate surface area is 112 Å². The van der Waals surface area contributed by atoms with E-state index in [2.05, 4.69) is 12.1 Å². The van der Waals surface area contributed by atoms with E-state index in [1.807, 2.05) is 30.3 Å². The molecule has 0 fully saturated rings. The van der Waals surface area contributed by atoms with Crippen molar-refractivity contribution in [3.63, 3.8) is 0 Å². The van der Waals surface area contributed by atoms with E-state index in [1.165, 1.54) is 5.56 Å². The largest absolute Gasteiger partial charge is 0.388 e. The third-order valence-corrected chi connectivity index (χ3v) is 3.94. The Hall–Kier alpha value is -1.31. The Kier molecular flexibility index (Phi) is 3.11. The number of aliphatic hydroxyl groups excluding tert-OH is 1. The average Bonchev–Trinajstić information content (AvgIpc) is 2.39. The maximum absolute atomic E-state index is 9.95. The van der Waals surface area contributed by atoms with E-state index < -0.39 is 0 Å². The van der Waals surface area contributed by atoms with Gasteiger partial charge in [-0.15, -0.1) is 0 Å². The van der Waals surface area contributed by atoms with Gasteiger partial charge in [-0.3, -0.25) is 0 Å². The molecular weight excluding hydrogens is 244 g/mol. The topological polar surface area (TPSA) is 20.2 Å². The van der Waals surface area contributed by atoms with Crippen molar-refractivity contribution in [2.75, 3.05) is 0 Å². The van der Waals surface area contributed by atoms with Crippen LogP contribution in [0.25, 0.3) is 11.1 Å². The Morgan fingerprint density at radius 2 is 1.94 bits per heavy atom. The first kappa shape index (κ1) is 11.8. The highest BCUT2D eigenvalue weighted by Crippen LogP contribution is 2.34. The number of fused-ring (bicyclic) bond motifs is 1. The summed E-state index contributed by atoms with van der Waals surface area (Å²) in [5, 5.41) is 10.7. The van der Waals surface area contributed by atoms with Crippen molar-refractivity contribution in [1.29, 1.82) is 0 Å². The van der Waals surface area contributed by atoms with Crippen molar-refractivity contribution in [3.8, 4) is 11.1 Å². The van der Waals surface area contributed by atoms with Gasteiger partial charge in [0.15, 0.2) is 0 Å². The molecule has 1 aliphatic rings. The normalized spacial score (nSPS) is 18.4. The average molecular weight is 259 g/mol. The van der Waals surface area contributed by atoms with Crippen molar-refractivity contribution < 1.29 is 5.11 Å². The second-order valence-electron chi connectivity index (χ2n) is 4.80. The molecule has 0 bridgehead atoms. The van der Waals surface area contributed by atoms with Crippen LogP contribution in [-0.4, -0.2) is 5.11 Å². The fraction of sp³-hybridized carbons (Fsp3) is 0.250. The van der Waals surface area contributed by atoms with Crippen LogP contribution in [0.2, 0.25) is 5.02 Å². The SMILES string of the molecule is OC1CCCc2cc(-c3ccccc3Cl)ccc21. The minimum Gasteiger partial charge on any atom is -0.388 e. The Balaban J connectivity index is 2.08. The van der Waals surface area contributed by atoms with E-state index in [0.717, 1.165) is 41.0 Å². The van der Waals surface area contributed by atoms with Crippen LogP contribution in [0.1, 0.15) is 30.1 Å². The van der Waals surface area contributed by atoms with Gasteiger partial charge in [0, 0.05) is 10.6 Å². The molecule has 2 heteroatoms. The third-order valence-electron chi connectivity index (χ3n) is 3.61. The van der Waals surface area contributed by atoms with Gasteiger partial charge in [0.2, 0.25) is 0 Å². The van der Waals surface area contributed by atoms with Gasteiger partial charge in [-0.25, -0.2) is 0 Å². The van der Waals surface area contributed by atoms with E-state index in [0.29, 0.717) is 0 Å². The van der Waals surface area contributed by atoms with E-state index in [-0.39, 0.29) is 6.10 Å². The molecule has 2 aromatic rings. The summed E-state index contributed by atoms with van der Waals surface area (Å²) >= 11 is 6.22. The third kappa shape index (κ3) is 2.05. The van der Waals surface area contributed by atoms with Gasteiger partial charge in [0.05, 0.1) is 6.10 Å². The summed E-state index contributed by atoms with van der Waals surface area (Å²) in [6.07, 6.45) is 2.68. The van der Waals surface area contributed by atoms with Crippen LogP contribution in [0.5, 0.6) is 0 Å². The quantitative estimate of drug-likeness (QED) is 0.805. The fourth-order valence-electron chi connectivity index (χ4n) is 2.65. The van der Waals surface area contributed by atoms with Crippen molar-refractivity contribution in [1.82, 2.24) is 0 Å². The lowest BCUT2D eigenvalue weighted by atomic mass is 9.87. The molecular formula is C16H15ClO. The minimum absolute atomic E-state index is 0.297. The first-order valence-electron chi connectivity index (χ1n) is 6.31. The van der Waals surface area contributed by atoms with Crippen LogP contribution in [-0.2, 0) is 6.42 Å². The van der Waals surface area contributed by atoms with Gasteiger partial charge >= 0.3 is 0 Å². The highest BCUT2D eigenvalue weighted by molar-refractivity contribution is 6.33. The molecule has 1 atom stereocenters. The van der Waals surface area contributed by atoms with Crippen LogP contribution in [0.15, 0.2) is 42.5 Å². The van der Waals surface area contributed by atoms with Crippen LogP contribution in [0.4, 0.5) is 0 Å². The van der Waals surface area contributed by atoms with E-state index in [1.54, 1.807) is 0 Å². The van der Waals surface area contributed by atoms with Gasteiger partial charge in [-0.1, -0.05) is 48.0 Å². The molecule has 1 nitrogen and oxygen atoms in total. The van der Waals surface area contributed by atoms with Gasteiger partial charge in [0.1, 0.15) is 0 Å². The Bertz CT molecular complexity index is 577. The molecule has 92 valence electrons. The van der Waals surface area contributed by atoms with E-state index >= 15 is 0 Å². The Morgan fingerprint density at radius 3 is 2.78 bits per heavy atom. The zero-order chi connectivity index (χ0) is 12.5. The lowest BCUT2D eigenvalue weighted by molar-refractivity contribution is 0.156. The molecule has 1 unspecified atom stereocenters. The first-order valence-corrected chi connectivity index (χ1v) is 6.69. The van der Waals surface area contributed by atoms with Crippen LogP contribution in [0, 0.1) is 0 Å². The maximum atomic E-state index is 9.95. The maximum Gasteiger partial charge on any atom is 0.0792 e. The molecule has 0 spiro atoms. The van der Waals surface area contributed by atoms with E-state index in [9.17, 15) is 5.11 Å². The predicted molar refractivity (Wildman–Crippen MR) is 74.8 cm³/mol. The molecule has 0 radical (unpaired) electrons. The van der Waals surface area contributed by atoms with Gasteiger partial charge < -0.3 is 5.11 Å². The molecule has 0 heterocycles. The molecule has 3 rings (SSSR count). The summed E-state index contributed by atoms with van der Waals surface area (Å²) in [7, 11) is 0. The lowest BCUT2D eigenvalue weighted by Crippen LogP contribution is -2.08. The summed E-state index contributed by atoms with van der Waals surface area (Å²) in [5.41, 5.74) is 4.53. The van der Waals surface area contributed by atoms with Gasteiger partial charge in [0.25, 0.3) is 0 Å². The summed E-state index contributed by atoms with van der Waals surface area (Å²) < 4.78 is 0. The smallest absolute Gasteiger partial charge is 0.0792 e. The molecule has 1 aliphatic carbocycles. The minimum atomic E-state index is -0.297. The van der Waals surface area contributed by atoms with Crippen molar-refractivity contribution in [3.05, 3.63) is 58.6 Å². The lowest BCUT2D eigenvalue weighted by Gasteiger charge is -2.22. The molecule has 0 saturated heterocycles. The van der Waals surface area contributed by atoms with Crippen LogP contribution in [0.3, 0.4) is 0 Å². The second-order valence-corrected chi connectivity index (χ2v) is 5.21. The van der Waals surface area contributed by atoms with Crippen molar-refractivity contribution in [2.45, 2.75) is 25.4 Å². The molecule has 1 N–H and O–H groups in total. The highest BCUT2D eigenvalue weighted by atomic mass is 35.5. The number of aryl methyl sites for hydroxylation is 1. The van der Waals surface area contributed by atoms with Crippen LogP contribution >= 0.6 is 11.6 Å². The number of halogens is 1. The summed E-state index contributed by atoms with van der Waals surface area (Å²) in [4.78, 5) is 0. The Morgan fingerprint density at radius 1 is 1.11 bits per heavy atom. The molecule has 0 saturated carbocycles. The summed E-state index contributed by atoms with van der Waals surface area (Å²) in [5.74, 6) is 0. The highest BCUT2D eigenvalue weighted by Gasteiger charge is 2.18.